The minimum atomic E-state index is 0.585. The molecule has 0 aliphatic rings. The standard InChI is InChI=1S/C15H17BrN2/c1-11-9-14(7-8-15(11)16)18(2)13-5-3-12(10-17)4-6-13/h3-9H,10,17H2,1-2H3. The van der Waals surface area contributed by atoms with Crippen LogP contribution in [0.4, 0.5) is 11.4 Å². The SMILES string of the molecule is Cc1cc(N(C)c2ccc(CN)cc2)ccc1Br. The molecule has 0 aliphatic carbocycles. The fourth-order valence-corrected chi connectivity index (χ4v) is 2.09. The number of halogens is 1. The number of nitrogens with zero attached hydrogens (tertiary/aromatic N) is 1. The van der Waals surface area contributed by atoms with Crippen molar-refractivity contribution >= 4 is 27.3 Å². The largest absolute Gasteiger partial charge is 0.345 e. The summed E-state index contributed by atoms with van der Waals surface area (Å²) >= 11 is 3.52. The first-order valence-electron chi connectivity index (χ1n) is 5.90. The molecule has 0 heterocycles. The van der Waals surface area contributed by atoms with Crippen molar-refractivity contribution in [1.82, 2.24) is 0 Å². The zero-order valence-corrected chi connectivity index (χ0v) is 12.2. The second-order valence-corrected chi connectivity index (χ2v) is 5.22. The van der Waals surface area contributed by atoms with Gasteiger partial charge in [0.15, 0.2) is 0 Å². The van der Waals surface area contributed by atoms with E-state index in [4.69, 9.17) is 5.73 Å². The van der Waals surface area contributed by atoms with Gasteiger partial charge in [0.05, 0.1) is 0 Å². The molecule has 2 aromatic carbocycles. The number of aryl methyl sites for hydroxylation is 1. The summed E-state index contributed by atoms with van der Waals surface area (Å²) in [5.74, 6) is 0. The molecule has 0 radical (unpaired) electrons. The lowest BCUT2D eigenvalue weighted by molar-refractivity contribution is 1.07. The first kappa shape index (κ1) is 13.1. The molecular formula is C15H17BrN2. The summed E-state index contributed by atoms with van der Waals surface area (Å²) in [4.78, 5) is 2.17. The van der Waals surface area contributed by atoms with Gasteiger partial charge in [-0.3, -0.25) is 0 Å². The molecule has 0 saturated heterocycles. The van der Waals surface area contributed by atoms with E-state index in [1.807, 2.05) is 0 Å². The van der Waals surface area contributed by atoms with Gasteiger partial charge in [-0.1, -0.05) is 28.1 Å². The minimum absolute atomic E-state index is 0.585. The third-order valence-electron chi connectivity index (χ3n) is 3.09. The third kappa shape index (κ3) is 2.74. The molecule has 2 nitrogen and oxygen atoms in total. The molecule has 0 spiro atoms. The van der Waals surface area contributed by atoms with Crippen LogP contribution in [0.1, 0.15) is 11.1 Å². The Morgan fingerprint density at radius 1 is 1.06 bits per heavy atom. The normalized spacial score (nSPS) is 10.4. The van der Waals surface area contributed by atoms with Gasteiger partial charge in [0, 0.05) is 29.4 Å². The molecule has 0 bridgehead atoms. The highest BCUT2D eigenvalue weighted by molar-refractivity contribution is 9.10. The van der Waals surface area contributed by atoms with Crippen molar-refractivity contribution in [2.24, 2.45) is 5.73 Å². The van der Waals surface area contributed by atoms with E-state index in [0.29, 0.717) is 6.54 Å². The van der Waals surface area contributed by atoms with E-state index in [0.717, 1.165) is 15.7 Å². The van der Waals surface area contributed by atoms with Crippen LogP contribution in [0.15, 0.2) is 46.9 Å². The second-order valence-electron chi connectivity index (χ2n) is 4.36. The van der Waals surface area contributed by atoms with Crippen molar-refractivity contribution in [3.05, 3.63) is 58.1 Å². The Balaban J connectivity index is 2.28. The Morgan fingerprint density at radius 2 is 1.67 bits per heavy atom. The van der Waals surface area contributed by atoms with Crippen LogP contribution in [0, 0.1) is 6.92 Å². The lowest BCUT2D eigenvalue weighted by atomic mass is 10.1. The molecule has 2 rings (SSSR count). The maximum Gasteiger partial charge on any atom is 0.0411 e. The van der Waals surface area contributed by atoms with E-state index in [2.05, 4.69) is 77.3 Å². The van der Waals surface area contributed by atoms with Gasteiger partial charge in [-0.05, 0) is 48.4 Å². The van der Waals surface area contributed by atoms with Crippen LogP contribution in [0.5, 0.6) is 0 Å². The molecule has 2 aromatic rings. The van der Waals surface area contributed by atoms with Crippen LogP contribution in [-0.4, -0.2) is 7.05 Å². The molecule has 18 heavy (non-hydrogen) atoms. The van der Waals surface area contributed by atoms with E-state index in [-0.39, 0.29) is 0 Å². The summed E-state index contributed by atoms with van der Waals surface area (Å²) < 4.78 is 1.14. The summed E-state index contributed by atoms with van der Waals surface area (Å²) in [5.41, 5.74) is 10.3. The number of benzene rings is 2. The summed E-state index contributed by atoms with van der Waals surface area (Å²) in [6.45, 7) is 2.68. The zero-order valence-electron chi connectivity index (χ0n) is 10.7. The van der Waals surface area contributed by atoms with Gasteiger partial charge in [0.25, 0.3) is 0 Å². The van der Waals surface area contributed by atoms with Gasteiger partial charge >= 0.3 is 0 Å². The molecule has 94 valence electrons. The number of hydrogen-bond acceptors (Lipinski definition) is 2. The fraction of sp³-hybridized carbons (Fsp3) is 0.200. The van der Waals surface area contributed by atoms with Crippen LogP contribution in [0.3, 0.4) is 0 Å². The minimum Gasteiger partial charge on any atom is -0.345 e. The Bertz CT molecular complexity index is 535. The number of rotatable bonds is 3. The maximum absolute atomic E-state index is 5.60. The van der Waals surface area contributed by atoms with Crippen molar-refractivity contribution in [2.75, 3.05) is 11.9 Å². The Morgan fingerprint density at radius 3 is 2.22 bits per heavy atom. The lowest BCUT2D eigenvalue weighted by Crippen LogP contribution is -2.09. The fourth-order valence-electron chi connectivity index (χ4n) is 1.84. The maximum atomic E-state index is 5.60. The smallest absolute Gasteiger partial charge is 0.0411 e. The molecule has 0 saturated carbocycles. The topological polar surface area (TPSA) is 29.3 Å². The predicted molar refractivity (Wildman–Crippen MR) is 81.3 cm³/mol. The predicted octanol–water partition coefficient (Wildman–Crippen LogP) is 3.98. The average Bonchev–Trinajstić information content (AvgIpc) is 2.41. The van der Waals surface area contributed by atoms with E-state index in [9.17, 15) is 0 Å². The Hall–Kier alpha value is -1.32. The van der Waals surface area contributed by atoms with E-state index in [1.165, 1.54) is 11.3 Å². The number of nitrogens with two attached hydrogens (primary N) is 1. The lowest BCUT2D eigenvalue weighted by Gasteiger charge is -2.20. The molecule has 0 atom stereocenters. The van der Waals surface area contributed by atoms with Crippen molar-refractivity contribution < 1.29 is 0 Å². The molecular weight excluding hydrogens is 288 g/mol. The summed E-state index contributed by atoms with van der Waals surface area (Å²) in [6.07, 6.45) is 0. The highest BCUT2D eigenvalue weighted by Crippen LogP contribution is 2.27. The first-order chi connectivity index (χ1) is 8.61. The van der Waals surface area contributed by atoms with Crippen LogP contribution in [0.25, 0.3) is 0 Å². The molecule has 0 aromatic heterocycles. The molecule has 0 amide bonds. The van der Waals surface area contributed by atoms with Gasteiger partial charge in [0.1, 0.15) is 0 Å². The zero-order chi connectivity index (χ0) is 13.1. The van der Waals surface area contributed by atoms with E-state index in [1.54, 1.807) is 0 Å². The van der Waals surface area contributed by atoms with Gasteiger partial charge in [0.2, 0.25) is 0 Å². The summed E-state index contributed by atoms with van der Waals surface area (Å²) in [5, 5.41) is 0. The third-order valence-corrected chi connectivity index (χ3v) is 3.98. The molecule has 3 heteroatoms. The highest BCUT2D eigenvalue weighted by Gasteiger charge is 2.05. The molecule has 0 fully saturated rings. The Labute approximate surface area is 117 Å². The van der Waals surface area contributed by atoms with E-state index < -0.39 is 0 Å². The van der Waals surface area contributed by atoms with Gasteiger partial charge < -0.3 is 10.6 Å². The van der Waals surface area contributed by atoms with Crippen molar-refractivity contribution in [1.29, 1.82) is 0 Å². The van der Waals surface area contributed by atoms with Crippen molar-refractivity contribution in [3.8, 4) is 0 Å². The summed E-state index contributed by atoms with van der Waals surface area (Å²) in [7, 11) is 2.07. The van der Waals surface area contributed by atoms with Crippen LogP contribution < -0.4 is 10.6 Å². The monoisotopic (exact) mass is 304 g/mol. The average molecular weight is 305 g/mol. The van der Waals surface area contributed by atoms with Crippen LogP contribution >= 0.6 is 15.9 Å². The number of anilines is 2. The molecule has 2 N–H and O–H groups in total. The molecule has 0 aliphatic heterocycles. The van der Waals surface area contributed by atoms with E-state index >= 15 is 0 Å². The van der Waals surface area contributed by atoms with Gasteiger partial charge in [-0.2, -0.15) is 0 Å². The van der Waals surface area contributed by atoms with Crippen LogP contribution in [0.2, 0.25) is 0 Å². The second kappa shape index (κ2) is 5.55. The number of hydrogen-bond donors (Lipinski definition) is 1. The Kier molecular flexibility index (Phi) is 4.04. The van der Waals surface area contributed by atoms with Crippen molar-refractivity contribution in [3.63, 3.8) is 0 Å². The van der Waals surface area contributed by atoms with Gasteiger partial charge in [-0.25, -0.2) is 0 Å². The quantitative estimate of drug-likeness (QED) is 0.929. The van der Waals surface area contributed by atoms with Crippen molar-refractivity contribution in [2.45, 2.75) is 13.5 Å². The van der Waals surface area contributed by atoms with Gasteiger partial charge in [-0.15, -0.1) is 0 Å². The first-order valence-corrected chi connectivity index (χ1v) is 6.70. The highest BCUT2D eigenvalue weighted by atomic mass is 79.9. The van der Waals surface area contributed by atoms with Crippen LogP contribution in [-0.2, 0) is 6.54 Å². The summed E-state index contributed by atoms with van der Waals surface area (Å²) in [6, 6.07) is 14.7. The molecule has 0 unspecified atom stereocenters.